The molecule has 0 aromatic heterocycles. The van der Waals surface area contributed by atoms with Crippen molar-refractivity contribution in [3.8, 4) is 0 Å². The fourth-order valence-corrected chi connectivity index (χ4v) is 3.16. The lowest BCUT2D eigenvalue weighted by Gasteiger charge is -2.32. The number of likely N-dealkylation sites (tertiary alicyclic amines) is 1. The first-order valence-corrected chi connectivity index (χ1v) is 8.24. The molecule has 0 radical (unpaired) electrons. The number of hydrogen-bond donors (Lipinski definition) is 1. The lowest BCUT2D eigenvalue weighted by molar-refractivity contribution is -0.149. The number of carbonyl (C=O) groups excluding carboxylic acids is 1. The Morgan fingerprint density at radius 3 is 2.95 bits per heavy atom. The molecule has 0 saturated carbocycles. The molecule has 21 heavy (non-hydrogen) atoms. The summed E-state index contributed by atoms with van der Waals surface area (Å²) < 4.78 is 6.34. The Hall–Kier alpha value is -1.07. The molecule has 5 heteroatoms. The van der Waals surface area contributed by atoms with E-state index in [4.69, 9.17) is 4.74 Å². The molecule has 1 aliphatic heterocycles. The van der Waals surface area contributed by atoms with Gasteiger partial charge in [0.25, 0.3) is 0 Å². The summed E-state index contributed by atoms with van der Waals surface area (Å²) in [6, 6.07) is 7.92. The van der Waals surface area contributed by atoms with E-state index < -0.39 is 5.54 Å². The Kier molecular flexibility index (Phi) is 5.65. The highest BCUT2D eigenvalue weighted by molar-refractivity contribution is 9.10. The quantitative estimate of drug-likeness (QED) is 0.842. The number of ether oxygens (including phenoxy) is 1. The van der Waals surface area contributed by atoms with Gasteiger partial charge in [-0.15, -0.1) is 0 Å². The SMILES string of the molecule is CCOC(=O)C1(Nc2cccc(Br)c2)CCCN(C)CC1. The predicted molar refractivity (Wildman–Crippen MR) is 88.5 cm³/mol. The molecule has 1 heterocycles. The molecule has 1 fully saturated rings. The Morgan fingerprint density at radius 1 is 1.43 bits per heavy atom. The molecule has 1 N–H and O–H groups in total. The van der Waals surface area contributed by atoms with Gasteiger partial charge in [-0.25, -0.2) is 4.79 Å². The molecule has 1 aromatic carbocycles. The van der Waals surface area contributed by atoms with Gasteiger partial charge in [0.15, 0.2) is 0 Å². The molecule has 1 unspecified atom stereocenters. The molecule has 0 amide bonds. The third kappa shape index (κ3) is 4.20. The van der Waals surface area contributed by atoms with Crippen LogP contribution in [0.15, 0.2) is 28.7 Å². The molecule has 1 atom stereocenters. The number of halogens is 1. The summed E-state index contributed by atoms with van der Waals surface area (Å²) in [4.78, 5) is 14.8. The molecule has 116 valence electrons. The highest BCUT2D eigenvalue weighted by atomic mass is 79.9. The van der Waals surface area contributed by atoms with Crippen molar-refractivity contribution in [1.82, 2.24) is 4.90 Å². The van der Waals surface area contributed by atoms with Crippen LogP contribution in [0.25, 0.3) is 0 Å². The molecule has 1 aliphatic rings. The van der Waals surface area contributed by atoms with E-state index >= 15 is 0 Å². The topological polar surface area (TPSA) is 41.6 Å². The Morgan fingerprint density at radius 2 is 2.24 bits per heavy atom. The van der Waals surface area contributed by atoms with Crippen LogP contribution in [0.3, 0.4) is 0 Å². The van der Waals surface area contributed by atoms with Gasteiger partial charge in [-0.05, 0) is 58.0 Å². The van der Waals surface area contributed by atoms with Crippen molar-refractivity contribution in [2.24, 2.45) is 0 Å². The smallest absolute Gasteiger partial charge is 0.331 e. The minimum Gasteiger partial charge on any atom is -0.464 e. The highest BCUT2D eigenvalue weighted by Crippen LogP contribution is 2.29. The van der Waals surface area contributed by atoms with Crippen LogP contribution in [0.2, 0.25) is 0 Å². The van der Waals surface area contributed by atoms with Gasteiger partial charge in [0.05, 0.1) is 6.61 Å². The van der Waals surface area contributed by atoms with Gasteiger partial charge in [0.1, 0.15) is 5.54 Å². The van der Waals surface area contributed by atoms with Crippen LogP contribution in [0.1, 0.15) is 26.2 Å². The van der Waals surface area contributed by atoms with Crippen molar-refractivity contribution in [1.29, 1.82) is 0 Å². The summed E-state index contributed by atoms with van der Waals surface area (Å²) >= 11 is 3.47. The van der Waals surface area contributed by atoms with Crippen LogP contribution in [0.4, 0.5) is 5.69 Å². The van der Waals surface area contributed by atoms with Crippen molar-refractivity contribution < 1.29 is 9.53 Å². The molecule has 0 bridgehead atoms. The van der Waals surface area contributed by atoms with E-state index in [0.717, 1.165) is 42.5 Å². The van der Waals surface area contributed by atoms with Crippen molar-refractivity contribution in [3.63, 3.8) is 0 Å². The van der Waals surface area contributed by atoms with Crippen LogP contribution < -0.4 is 5.32 Å². The van der Waals surface area contributed by atoms with Gasteiger partial charge in [0, 0.05) is 16.7 Å². The van der Waals surface area contributed by atoms with Crippen molar-refractivity contribution >= 4 is 27.6 Å². The summed E-state index contributed by atoms with van der Waals surface area (Å²) in [5.41, 5.74) is 0.323. The highest BCUT2D eigenvalue weighted by Gasteiger charge is 2.40. The average molecular weight is 355 g/mol. The van der Waals surface area contributed by atoms with Gasteiger partial charge in [-0.2, -0.15) is 0 Å². The Labute approximate surface area is 135 Å². The van der Waals surface area contributed by atoms with E-state index in [1.807, 2.05) is 31.2 Å². The minimum atomic E-state index is -0.623. The molecular weight excluding hydrogens is 332 g/mol. The van der Waals surface area contributed by atoms with Gasteiger partial charge < -0.3 is 15.0 Å². The zero-order valence-electron chi connectivity index (χ0n) is 12.7. The fraction of sp³-hybridized carbons (Fsp3) is 0.562. The molecule has 4 nitrogen and oxygen atoms in total. The van der Waals surface area contributed by atoms with Crippen LogP contribution in [-0.2, 0) is 9.53 Å². The van der Waals surface area contributed by atoms with Crippen LogP contribution in [0.5, 0.6) is 0 Å². The second kappa shape index (κ2) is 7.27. The standard InChI is InChI=1S/C16H23BrN2O2/c1-3-21-15(20)16(8-5-10-19(2)11-9-16)18-14-7-4-6-13(17)12-14/h4,6-7,12,18H,3,5,8-11H2,1-2H3. The van der Waals surface area contributed by atoms with Crippen molar-refractivity contribution in [2.45, 2.75) is 31.7 Å². The van der Waals surface area contributed by atoms with Gasteiger partial charge >= 0.3 is 5.97 Å². The van der Waals surface area contributed by atoms with Crippen LogP contribution in [0, 0.1) is 0 Å². The molecule has 2 rings (SSSR count). The Bertz CT molecular complexity index is 495. The van der Waals surface area contributed by atoms with Gasteiger partial charge in [-0.3, -0.25) is 0 Å². The zero-order valence-corrected chi connectivity index (χ0v) is 14.3. The van der Waals surface area contributed by atoms with Crippen molar-refractivity contribution in [3.05, 3.63) is 28.7 Å². The lowest BCUT2D eigenvalue weighted by Crippen LogP contribution is -2.48. The number of rotatable bonds is 4. The van der Waals surface area contributed by atoms with E-state index in [9.17, 15) is 4.79 Å². The van der Waals surface area contributed by atoms with Crippen molar-refractivity contribution in [2.75, 3.05) is 32.1 Å². The van der Waals surface area contributed by atoms with E-state index in [1.165, 1.54) is 0 Å². The first kappa shape index (κ1) is 16.3. The maximum atomic E-state index is 12.6. The number of anilines is 1. The summed E-state index contributed by atoms with van der Waals surface area (Å²) in [7, 11) is 2.10. The maximum absolute atomic E-state index is 12.6. The summed E-state index contributed by atoms with van der Waals surface area (Å²) in [5.74, 6) is -0.139. The minimum absolute atomic E-state index is 0.139. The Balaban J connectivity index is 2.24. The first-order valence-electron chi connectivity index (χ1n) is 7.45. The van der Waals surface area contributed by atoms with Gasteiger partial charge in [-0.1, -0.05) is 22.0 Å². The lowest BCUT2D eigenvalue weighted by atomic mass is 9.90. The number of benzene rings is 1. The number of nitrogens with zero attached hydrogens (tertiary/aromatic N) is 1. The van der Waals surface area contributed by atoms with E-state index in [2.05, 4.69) is 33.2 Å². The van der Waals surface area contributed by atoms with Crippen LogP contribution >= 0.6 is 15.9 Å². The van der Waals surface area contributed by atoms with Crippen LogP contribution in [-0.4, -0.2) is 43.2 Å². The molecule has 0 aliphatic carbocycles. The fourth-order valence-electron chi connectivity index (χ4n) is 2.76. The largest absolute Gasteiger partial charge is 0.464 e. The number of carbonyl (C=O) groups is 1. The monoisotopic (exact) mass is 354 g/mol. The zero-order chi connectivity index (χ0) is 15.3. The summed E-state index contributed by atoms with van der Waals surface area (Å²) in [6.45, 7) is 4.17. The molecular formula is C16H23BrN2O2. The average Bonchev–Trinajstić information content (AvgIpc) is 2.62. The van der Waals surface area contributed by atoms with E-state index in [1.54, 1.807) is 0 Å². The third-order valence-electron chi connectivity index (χ3n) is 3.94. The predicted octanol–water partition coefficient (Wildman–Crippen LogP) is 3.28. The first-order chi connectivity index (χ1) is 10.1. The normalized spacial score (nSPS) is 23.4. The second-order valence-corrected chi connectivity index (χ2v) is 6.51. The third-order valence-corrected chi connectivity index (χ3v) is 4.43. The summed E-state index contributed by atoms with van der Waals surface area (Å²) in [6.07, 6.45) is 2.54. The van der Waals surface area contributed by atoms with E-state index in [0.29, 0.717) is 6.61 Å². The number of nitrogens with one attached hydrogen (secondary N) is 1. The molecule has 0 spiro atoms. The molecule has 1 saturated heterocycles. The second-order valence-electron chi connectivity index (χ2n) is 5.59. The number of hydrogen-bond acceptors (Lipinski definition) is 4. The molecule has 1 aromatic rings. The number of esters is 1. The van der Waals surface area contributed by atoms with Gasteiger partial charge in [0.2, 0.25) is 0 Å². The summed E-state index contributed by atoms with van der Waals surface area (Å²) in [5, 5.41) is 3.45. The van der Waals surface area contributed by atoms with E-state index in [-0.39, 0.29) is 5.97 Å². The maximum Gasteiger partial charge on any atom is 0.331 e.